The van der Waals surface area contributed by atoms with Crippen LogP contribution in [-0.2, 0) is 17.1 Å². The summed E-state index contributed by atoms with van der Waals surface area (Å²) < 4.78 is 40.4. The molecule has 0 saturated carbocycles. The number of hydrogen-bond donors (Lipinski definition) is 3. The first-order valence-electron chi connectivity index (χ1n) is 5.01. The number of nitrogens with zero attached hydrogens (tertiary/aromatic N) is 1. The lowest BCUT2D eigenvalue weighted by Gasteiger charge is -2.10. The van der Waals surface area contributed by atoms with Gasteiger partial charge in [0.05, 0.1) is 0 Å². The summed E-state index contributed by atoms with van der Waals surface area (Å²) in [5.41, 5.74) is 4.55. The topological polar surface area (TPSA) is 114 Å². The van der Waals surface area contributed by atoms with Crippen molar-refractivity contribution in [3.8, 4) is 0 Å². The van der Waals surface area contributed by atoms with E-state index < -0.39 is 38.4 Å². The van der Waals surface area contributed by atoms with E-state index in [0.29, 0.717) is 0 Å². The Morgan fingerprint density at radius 1 is 1.67 bits per heavy atom. The van der Waals surface area contributed by atoms with Crippen LogP contribution in [0.4, 0.5) is 4.39 Å². The first kappa shape index (κ1) is 14.6. The third-order valence-electron chi connectivity index (χ3n) is 2.29. The number of nitrogens with one attached hydrogen (secondary N) is 1. The van der Waals surface area contributed by atoms with E-state index in [0.717, 1.165) is 10.8 Å². The average Bonchev–Trinajstić information content (AvgIpc) is 2.54. The fourth-order valence-electron chi connectivity index (χ4n) is 1.38. The molecule has 1 rings (SSSR count). The van der Waals surface area contributed by atoms with Crippen LogP contribution in [0, 0.1) is 5.82 Å². The van der Waals surface area contributed by atoms with E-state index in [2.05, 4.69) is 4.72 Å². The minimum atomic E-state index is -4.13. The predicted octanol–water partition coefficient (Wildman–Crippen LogP) is -0.512. The number of sulfonamides is 1. The van der Waals surface area contributed by atoms with Gasteiger partial charge in [0.2, 0.25) is 10.0 Å². The molecule has 1 unspecified atom stereocenters. The quantitative estimate of drug-likeness (QED) is 0.671. The van der Waals surface area contributed by atoms with Crippen molar-refractivity contribution in [1.82, 2.24) is 9.29 Å². The normalized spacial score (nSPS) is 13.6. The van der Waals surface area contributed by atoms with Gasteiger partial charge in [0, 0.05) is 25.8 Å². The molecule has 0 aliphatic heterocycles. The monoisotopic (exact) mass is 279 g/mol. The van der Waals surface area contributed by atoms with Crippen molar-refractivity contribution < 1.29 is 22.7 Å². The van der Waals surface area contributed by atoms with Crippen LogP contribution in [0.5, 0.6) is 0 Å². The zero-order valence-corrected chi connectivity index (χ0v) is 10.7. The number of halogens is 1. The lowest BCUT2D eigenvalue weighted by Crippen LogP contribution is -2.37. The molecule has 4 N–H and O–H groups in total. The Balaban J connectivity index is 3.27. The highest BCUT2D eigenvalue weighted by Crippen LogP contribution is 2.20. The third-order valence-corrected chi connectivity index (χ3v) is 3.87. The molecule has 7 nitrogen and oxygen atoms in total. The molecule has 0 bridgehead atoms. The van der Waals surface area contributed by atoms with Crippen molar-refractivity contribution in [2.24, 2.45) is 12.8 Å². The fourth-order valence-corrected chi connectivity index (χ4v) is 2.76. The van der Waals surface area contributed by atoms with Crippen LogP contribution in [0.15, 0.2) is 11.1 Å². The van der Waals surface area contributed by atoms with Crippen molar-refractivity contribution in [3.05, 3.63) is 17.7 Å². The number of aryl methyl sites for hydroxylation is 1. The van der Waals surface area contributed by atoms with Gasteiger partial charge >= 0.3 is 5.97 Å². The van der Waals surface area contributed by atoms with Crippen molar-refractivity contribution in [1.29, 1.82) is 0 Å². The first-order chi connectivity index (χ1) is 8.20. The molecule has 9 heteroatoms. The molecule has 0 amide bonds. The number of carbonyl (C=O) groups is 1. The molecule has 0 saturated heterocycles. The van der Waals surface area contributed by atoms with E-state index >= 15 is 0 Å². The van der Waals surface area contributed by atoms with Crippen LogP contribution in [0.3, 0.4) is 0 Å². The van der Waals surface area contributed by atoms with Gasteiger partial charge in [-0.1, -0.05) is 0 Å². The summed E-state index contributed by atoms with van der Waals surface area (Å²) in [6.45, 7) is 1.55. The number of nitrogens with two attached hydrogens (primary N) is 1. The first-order valence-corrected chi connectivity index (χ1v) is 6.49. The van der Waals surface area contributed by atoms with Gasteiger partial charge in [-0.05, 0) is 6.92 Å². The van der Waals surface area contributed by atoms with E-state index in [-0.39, 0.29) is 6.54 Å². The summed E-state index contributed by atoms with van der Waals surface area (Å²) >= 11 is 0. The molecule has 102 valence electrons. The zero-order chi connectivity index (χ0) is 14.1. The Hall–Kier alpha value is -1.45. The lowest BCUT2D eigenvalue weighted by atomic mass is 10.4. The Kier molecular flexibility index (Phi) is 4.09. The van der Waals surface area contributed by atoms with E-state index in [1.807, 2.05) is 0 Å². The van der Waals surface area contributed by atoms with E-state index in [9.17, 15) is 17.6 Å². The van der Waals surface area contributed by atoms with Crippen molar-refractivity contribution in [3.63, 3.8) is 0 Å². The van der Waals surface area contributed by atoms with Gasteiger partial charge in [0.15, 0.2) is 11.5 Å². The molecule has 1 heterocycles. The van der Waals surface area contributed by atoms with Crippen molar-refractivity contribution >= 4 is 16.0 Å². The largest absolute Gasteiger partial charge is 0.476 e. The van der Waals surface area contributed by atoms with Crippen LogP contribution in [0.2, 0.25) is 0 Å². The molecule has 1 aromatic rings. The van der Waals surface area contributed by atoms with Gasteiger partial charge in [-0.15, -0.1) is 0 Å². The SMILES string of the molecule is CC(CN)NS(=O)(=O)c1cn(C)c(C(=O)O)c1F. The van der Waals surface area contributed by atoms with Crippen LogP contribution in [0.1, 0.15) is 17.4 Å². The lowest BCUT2D eigenvalue weighted by molar-refractivity contribution is 0.0681. The van der Waals surface area contributed by atoms with Gasteiger partial charge in [-0.2, -0.15) is 0 Å². The van der Waals surface area contributed by atoms with Crippen molar-refractivity contribution in [2.75, 3.05) is 6.54 Å². The standard InChI is InChI=1S/C9H14FN3O4S/c1-5(3-11)12-18(16,17)6-4-13(2)8(7(6)10)9(14)15/h4-5,12H,3,11H2,1-2H3,(H,14,15). The molecular weight excluding hydrogens is 265 g/mol. The predicted molar refractivity (Wildman–Crippen MR) is 61.2 cm³/mol. The Bertz CT molecular complexity index is 567. The second kappa shape index (κ2) is 5.04. The number of rotatable bonds is 5. The molecule has 0 aliphatic rings. The molecule has 0 aromatic carbocycles. The summed E-state index contributed by atoms with van der Waals surface area (Å²) in [4.78, 5) is 10.1. The van der Waals surface area contributed by atoms with Crippen LogP contribution >= 0.6 is 0 Å². The Morgan fingerprint density at radius 3 is 2.61 bits per heavy atom. The maximum absolute atomic E-state index is 13.7. The van der Waals surface area contributed by atoms with E-state index in [4.69, 9.17) is 10.8 Å². The van der Waals surface area contributed by atoms with Gasteiger partial charge < -0.3 is 15.4 Å². The fraction of sp³-hybridized carbons (Fsp3) is 0.444. The van der Waals surface area contributed by atoms with Crippen molar-refractivity contribution in [2.45, 2.75) is 17.9 Å². The highest BCUT2D eigenvalue weighted by atomic mass is 32.2. The molecule has 0 fully saturated rings. The van der Waals surface area contributed by atoms with E-state index in [1.54, 1.807) is 0 Å². The molecule has 0 spiro atoms. The van der Waals surface area contributed by atoms with Gasteiger partial charge in [0.25, 0.3) is 0 Å². The highest BCUT2D eigenvalue weighted by Gasteiger charge is 2.28. The van der Waals surface area contributed by atoms with Crippen LogP contribution in [-0.4, -0.2) is 36.6 Å². The summed E-state index contributed by atoms with van der Waals surface area (Å²) in [6.07, 6.45) is 0.907. The summed E-state index contributed by atoms with van der Waals surface area (Å²) in [5, 5.41) is 8.76. The van der Waals surface area contributed by atoms with Crippen LogP contribution in [0.25, 0.3) is 0 Å². The number of hydrogen-bond acceptors (Lipinski definition) is 4. The van der Waals surface area contributed by atoms with Gasteiger partial charge in [0.1, 0.15) is 4.90 Å². The zero-order valence-electron chi connectivity index (χ0n) is 9.84. The average molecular weight is 279 g/mol. The maximum atomic E-state index is 13.7. The van der Waals surface area contributed by atoms with Crippen LogP contribution < -0.4 is 10.5 Å². The highest BCUT2D eigenvalue weighted by molar-refractivity contribution is 7.89. The molecule has 0 radical (unpaired) electrons. The molecule has 1 aromatic heterocycles. The minimum Gasteiger partial charge on any atom is -0.476 e. The molecule has 0 aliphatic carbocycles. The molecule has 1 atom stereocenters. The number of aromatic nitrogens is 1. The molecular formula is C9H14FN3O4S. The summed E-state index contributed by atoms with van der Waals surface area (Å²) in [6, 6.07) is -0.581. The Labute approximate surface area is 103 Å². The number of aromatic carboxylic acids is 1. The molecule has 18 heavy (non-hydrogen) atoms. The number of carboxylic acid groups (broad SMARTS) is 1. The second-order valence-corrected chi connectivity index (χ2v) is 5.51. The maximum Gasteiger partial charge on any atom is 0.355 e. The summed E-state index contributed by atoms with van der Waals surface area (Å²) in [5.74, 6) is -2.83. The smallest absolute Gasteiger partial charge is 0.355 e. The third kappa shape index (κ3) is 2.68. The second-order valence-electron chi connectivity index (χ2n) is 3.83. The number of carboxylic acids is 1. The summed E-state index contributed by atoms with van der Waals surface area (Å²) in [7, 11) is -2.88. The Morgan fingerprint density at radius 2 is 2.22 bits per heavy atom. The minimum absolute atomic E-state index is 0.0411. The van der Waals surface area contributed by atoms with Gasteiger partial charge in [-0.3, -0.25) is 0 Å². The van der Waals surface area contributed by atoms with Gasteiger partial charge in [-0.25, -0.2) is 22.3 Å². The van der Waals surface area contributed by atoms with E-state index in [1.165, 1.54) is 14.0 Å².